The van der Waals surface area contributed by atoms with Gasteiger partial charge in [0.1, 0.15) is 168 Å². The summed E-state index contributed by atoms with van der Waals surface area (Å²) in [5.74, 6) is 1.89. The number of aryl methyl sites for hydroxylation is 6. The average Bonchev–Trinajstić information content (AvgIpc) is 1.63. The summed E-state index contributed by atoms with van der Waals surface area (Å²) in [4.78, 5) is 44.0. The molecule has 0 unspecified atom stereocenters. The summed E-state index contributed by atoms with van der Waals surface area (Å²) in [7, 11) is 7.08. The summed E-state index contributed by atoms with van der Waals surface area (Å²) in [6, 6.07) is 0. The van der Waals surface area contributed by atoms with Crippen LogP contribution in [0.4, 0.5) is 11.6 Å². The van der Waals surface area contributed by atoms with Crippen molar-refractivity contribution < 1.29 is 105 Å². The van der Waals surface area contributed by atoms with E-state index in [0.717, 1.165) is 71.3 Å². The molecule has 5 saturated heterocycles. The van der Waals surface area contributed by atoms with Crippen LogP contribution in [0.5, 0.6) is 5.88 Å². The van der Waals surface area contributed by atoms with Gasteiger partial charge in [0.05, 0.1) is 67.4 Å². The fraction of sp³-hybridized carbons (Fsp3) is 0.545. The number of thioether (sulfide) groups is 1. The van der Waals surface area contributed by atoms with Crippen molar-refractivity contribution in [2.75, 3.05) is 77.8 Å². The number of anilines is 2. The van der Waals surface area contributed by atoms with Gasteiger partial charge in [-0.25, -0.2) is 49.8 Å². The lowest BCUT2D eigenvalue weighted by molar-refractivity contribution is -0.0509. The second kappa shape index (κ2) is 32.6. The van der Waals surface area contributed by atoms with E-state index in [1.807, 2.05) is 85.4 Å². The van der Waals surface area contributed by atoms with E-state index in [2.05, 4.69) is 55.2 Å². The molecule has 0 aliphatic carbocycles. The molecule has 5 fully saturated rings. The minimum atomic E-state index is -1.15. The number of ether oxygens (including phenoxy) is 6. The molecule has 0 radical (unpaired) electrons. The zero-order chi connectivity index (χ0) is 75.9. The normalized spacial score (nSPS) is 29.3. The second-order valence-corrected chi connectivity index (χ2v) is 26.8. The number of methoxy groups -OCH3 is 1. The van der Waals surface area contributed by atoms with E-state index >= 15 is 0 Å². The quantitative estimate of drug-likeness (QED) is 0.0410. The Morgan fingerprint density at radius 1 is 0.390 bits per heavy atom. The smallest absolute Gasteiger partial charge is 0.226 e. The van der Waals surface area contributed by atoms with Crippen molar-refractivity contribution >= 4 is 78.6 Å². The average molecular weight is 1490 g/mol. The maximum Gasteiger partial charge on any atom is 0.226 e. The van der Waals surface area contributed by atoms with Crippen LogP contribution in [0.1, 0.15) is 64.7 Å². The molecule has 0 amide bonds. The highest BCUT2D eigenvalue weighted by Gasteiger charge is 2.49. The zero-order valence-corrected chi connectivity index (χ0v) is 59.9. The van der Waals surface area contributed by atoms with Crippen LogP contribution in [-0.2, 0) is 23.7 Å². The number of hydrogen-bond acceptors (Lipinski definition) is 34. The second-order valence-electron chi connectivity index (χ2n) is 26.0. The first kappa shape index (κ1) is 78.1. The Morgan fingerprint density at radius 3 is 1.04 bits per heavy atom. The van der Waals surface area contributed by atoms with Crippen molar-refractivity contribution in [2.45, 2.75) is 169 Å². The largest absolute Gasteiger partial charge is 0.480 e. The maximum atomic E-state index is 10.2. The lowest BCUT2D eigenvalue weighted by Crippen LogP contribution is -2.33. The molecular formula is C66H89N17O21S. The standard InChI is InChI=1S/C14H20N4O4.C13H18N4O4.C13H17N3O5.C13H17N3O4S.C13H17N3O4/c1-7-4-18(14-11(21)10(20)8(5-19)22-14)13-9(7)12(17(2)3)15-6-16-13;1-6-3-17(12-8(6)11(14-2)15-5-16-12)13-10(20)9(19)7(4-18)21-13;1-6-3-16(11-8(6)12(20-2)15-5-14-11)13-10(19)9(18)7(4-17)21-13;1-6-3-16(11-8(6)12(21-2)15-5-14-11)13-10(19)9(18)7(4-17)20-13;1-6-3-16(12-9(6)7(2)14-5-15-12)13-11(19)10(18)8(4-17)20-13/h4,6,8,10-11,14,19-21H,5H2,1-3H3;3,5,7,9-10,13,18-20H,4H2,1-2H3,(H,14,15,16);2*3,5,7,9-10,13,17-19H,4H2,1-2H3;3,5,8,10-11,13,17-19H,4H2,1-2H3/t8-,10-,11-,14-;3*7-,9-,10-,13-;8-,10-,11-,13-/m11111/s1. The van der Waals surface area contributed by atoms with E-state index in [1.54, 1.807) is 42.3 Å². The van der Waals surface area contributed by atoms with Gasteiger partial charge in [-0.3, -0.25) is 0 Å². The van der Waals surface area contributed by atoms with Crippen molar-refractivity contribution in [3.8, 4) is 5.88 Å². The topological polar surface area (TPSA) is 528 Å². The molecule has 5 aliphatic rings. The molecule has 0 aromatic carbocycles. The van der Waals surface area contributed by atoms with Gasteiger partial charge < -0.3 is 138 Å². The number of hydrogen-bond donors (Lipinski definition) is 16. The molecular weight excluding hydrogens is 1400 g/mol. The number of fused-ring (bicyclic) bond motifs is 5. The van der Waals surface area contributed by atoms with Gasteiger partial charge in [0.15, 0.2) is 31.1 Å². The Bertz CT molecular complexity index is 4370. The first-order valence-electron chi connectivity index (χ1n) is 33.4. The van der Waals surface area contributed by atoms with Crippen LogP contribution in [0, 0.1) is 41.5 Å². The monoisotopic (exact) mass is 1490 g/mol. The number of aromatic nitrogens is 15. The molecule has 0 spiro atoms. The predicted molar refractivity (Wildman–Crippen MR) is 373 cm³/mol. The predicted octanol–water partition coefficient (Wildman–Crippen LogP) is -2.10. The van der Waals surface area contributed by atoms with Gasteiger partial charge in [-0.05, 0) is 75.6 Å². The third-order valence-electron chi connectivity index (χ3n) is 19.1. The number of rotatable bonds is 14. The minimum Gasteiger partial charge on any atom is -0.480 e. The van der Waals surface area contributed by atoms with Crippen LogP contribution in [-0.4, -0.2) is 308 Å². The summed E-state index contributed by atoms with van der Waals surface area (Å²) < 4.78 is 41.3. The van der Waals surface area contributed by atoms with Gasteiger partial charge in [-0.2, -0.15) is 0 Å². The van der Waals surface area contributed by atoms with Crippen LogP contribution in [0.2, 0.25) is 0 Å². The van der Waals surface area contributed by atoms with Crippen LogP contribution in [0.15, 0.2) is 67.6 Å². The lowest BCUT2D eigenvalue weighted by Gasteiger charge is -2.18. The summed E-state index contributed by atoms with van der Waals surface area (Å²) in [6.07, 6.45) is -1.27. The molecule has 5 aliphatic heterocycles. The number of nitrogens with zero attached hydrogens (tertiary/aromatic N) is 16. The van der Waals surface area contributed by atoms with Crippen LogP contribution >= 0.6 is 11.8 Å². The molecule has 16 N–H and O–H groups in total. The Labute approximate surface area is 603 Å². The summed E-state index contributed by atoms with van der Waals surface area (Å²) in [5.41, 5.74) is 8.54. The maximum absolute atomic E-state index is 10.2. The van der Waals surface area contributed by atoms with Crippen LogP contribution < -0.4 is 15.0 Å². The first-order valence-corrected chi connectivity index (χ1v) is 34.6. The minimum absolute atomic E-state index is 0.346. The number of nitrogens with one attached hydrogen (secondary N) is 1. The molecule has 570 valence electrons. The van der Waals surface area contributed by atoms with Crippen molar-refractivity contribution in [2.24, 2.45) is 0 Å². The van der Waals surface area contributed by atoms with Crippen molar-refractivity contribution in [3.63, 3.8) is 0 Å². The first-order chi connectivity index (χ1) is 50.2. The summed E-state index contributed by atoms with van der Waals surface area (Å²) in [5, 5.41) is 154. The number of aliphatic hydroxyl groups excluding tert-OH is 15. The van der Waals surface area contributed by atoms with Gasteiger partial charge in [0, 0.05) is 57.5 Å². The van der Waals surface area contributed by atoms with Gasteiger partial charge >= 0.3 is 0 Å². The fourth-order valence-corrected chi connectivity index (χ4v) is 14.4. The molecule has 20 atom stereocenters. The molecule has 10 aromatic heterocycles. The summed E-state index contributed by atoms with van der Waals surface area (Å²) >= 11 is 1.52. The molecule has 10 aromatic rings. The Kier molecular flexibility index (Phi) is 24.3. The van der Waals surface area contributed by atoms with E-state index in [9.17, 15) is 66.4 Å². The van der Waals surface area contributed by atoms with Crippen LogP contribution in [0.3, 0.4) is 0 Å². The van der Waals surface area contributed by atoms with E-state index in [1.165, 1.54) is 50.5 Å². The van der Waals surface area contributed by atoms with Crippen molar-refractivity contribution in [3.05, 3.63) is 96.1 Å². The molecule has 105 heavy (non-hydrogen) atoms. The lowest BCUT2D eigenvalue weighted by atomic mass is 10.1. The van der Waals surface area contributed by atoms with Gasteiger partial charge in [-0.15, -0.1) is 11.8 Å². The molecule has 0 saturated carbocycles. The highest BCUT2D eigenvalue weighted by atomic mass is 32.2. The Morgan fingerprint density at radius 2 is 0.686 bits per heavy atom. The van der Waals surface area contributed by atoms with Crippen molar-refractivity contribution in [1.82, 2.24) is 72.7 Å². The molecule has 0 bridgehead atoms. The van der Waals surface area contributed by atoms with E-state index < -0.39 is 123 Å². The highest BCUT2D eigenvalue weighted by Crippen LogP contribution is 2.41. The third kappa shape index (κ3) is 14.5. The van der Waals surface area contributed by atoms with Crippen LogP contribution in [0.25, 0.3) is 55.2 Å². The molecule has 39 heteroatoms. The van der Waals surface area contributed by atoms with Gasteiger partial charge in [0.2, 0.25) is 5.88 Å². The number of aliphatic hydroxyl groups is 15. The SMILES string of the molecule is CNc1ncnc2c1c(C)cn2[C@@H]1O[C@H](CO)[C@@H](O)[C@H]1O.COc1ncnc2c1c(C)cn2[C@@H]1O[C@H](CO)[C@@H](O)[C@H]1O.CSc1ncnc2c1c(C)cn2[C@@H]1O[C@H](CO)[C@@H](O)[C@H]1O.Cc1cn([C@@H]2O[C@H](CO)[C@@H](O)[C@H]2O)c2ncnc(C)c12.Cc1cn([C@@H]2O[C@H](CO)[C@@H](O)[C@H]2O)c2ncnc(N(C)C)c12. The van der Waals surface area contributed by atoms with Crippen molar-refractivity contribution in [1.29, 1.82) is 0 Å². The van der Waals surface area contributed by atoms with E-state index in [4.69, 9.17) is 38.6 Å². The summed E-state index contributed by atoms with van der Waals surface area (Å²) in [6.45, 7) is 9.67. The molecule has 15 heterocycles. The van der Waals surface area contributed by atoms with E-state index in [0.29, 0.717) is 39.9 Å². The Hall–Kier alpha value is -7.95. The van der Waals surface area contributed by atoms with Gasteiger partial charge in [-0.1, -0.05) is 0 Å². The third-order valence-corrected chi connectivity index (χ3v) is 19.8. The highest BCUT2D eigenvalue weighted by molar-refractivity contribution is 7.98. The zero-order valence-electron chi connectivity index (χ0n) is 59.1. The molecule has 38 nitrogen and oxygen atoms in total. The Balaban J connectivity index is 0.000000131. The molecule has 15 rings (SSSR count). The van der Waals surface area contributed by atoms with E-state index in [-0.39, 0.29) is 33.0 Å². The van der Waals surface area contributed by atoms with Gasteiger partial charge in [0.25, 0.3) is 0 Å². The fourth-order valence-electron chi connectivity index (χ4n) is 13.8.